The van der Waals surface area contributed by atoms with Crippen molar-refractivity contribution in [1.82, 2.24) is 0 Å². The van der Waals surface area contributed by atoms with Crippen molar-refractivity contribution in [1.29, 1.82) is 0 Å². The lowest BCUT2D eigenvalue weighted by molar-refractivity contribution is -0.493. The van der Waals surface area contributed by atoms with Crippen LogP contribution in [0.3, 0.4) is 0 Å². The van der Waals surface area contributed by atoms with Crippen LogP contribution in [-0.4, -0.2) is 29.0 Å². The van der Waals surface area contributed by atoms with E-state index in [1.54, 1.807) is 0 Å². The molecule has 0 aromatic heterocycles. The molecule has 0 aliphatic heterocycles. The van der Waals surface area contributed by atoms with Crippen LogP contribution in [0.25, 0.3) is 0 Å². The first-order chi connectivity index (χ1) is 8.79. The average Bonchev–Trinajstić information content (AvgIpc) is 2.35. The van der Waals surface area contributed by atoms with Gasteiger partial charge in [0, 0.05) is 0 Å². The number of nitro groups is 3. The minimum absolute atomic E-state index is 0.140. The van der Waals surface area contributed by atoms with Crippen LogP contribution in [0.4, 0.5) is 17.1 Å². The molecule has 0 fully saturated rings. The van der Waals surface area contributed by atoms with Gasteiger partial charge in [-0.1, -0.05) is 5.01 Å². The minimum Gasteiger partial charge on any atom is -0.496 e. The third kappa shape index (κ3) is 2.65. The molecule has 0 aliphatic rings. The van der Waals surface area contributed by atoms with Gasteiger partial charge in [-0.2, -0.15) is 0 Å². The van der Waals surface area contributed by atoms with Crippen molar-refractivity contribution in [3.63, 3.8) is 0 Å². The fourth-order valence-corrected chi connectivity index (χ4v) is 1.39. The number of anilines is 1. The fraction of sp³-hybridized carbons (Fsp3) is 0.250. The second-order valence-corrected chi connectivity index (χ2v) is 3.29. The number of benzene rings is 1. The number of hydrogen-bond acceptors (Lipinski definition) is 7. The molecule has 102 valence electrons. The van der Waals surface area contributed by atoms with E-state index < -0.39 is 31.9 Å². The molecule has 0 amide bonds. The summed E-state index contributed by atoms with van der Waals surface area (Å²) in [7, 11) is 2.04. The van der Waals surface area contributed by atoms with Crippen molar-refractivity contribution in [2.45, 2.75) is 0 Å². The Morgan fingerprint density at radius 1 is 1.05 bits per heavy atom. The zero-order chi connectivity index (χ0) is 14.7. The van der Waals surface area contributed by atoms with E-state index in [0.29, 0.717) is 0 Å². The zero-order valence-corrected chi connectivity index (χ0v) is 9.80. The molecule has 0 heterocycles. The molecule has 0 N–H and O–H groups in total. The molecule has 1 aromatic rings. The molecule has 0 saturated heterocycles. The maximum atomic E-state index is 10.9. The van der Waals surface area contributed by atoms with Crippen LogP contribution in [0.15, 0.2) is 12.1 Å². The SMILES string of the molecule is COc1cc([N+](=O)[O-])c(N(C)[N+](=O)[O-])c([N+](=O)[O-])c1. The van der Waals surface area contributed by atoms with Crippen LogP contribution in [0.5, 0.6) is 5.75 Å². The molecule has 11 nitrogen and oxygen atoms in total. The number of nitro benzene ring substituents is 2. The summed E-state index contributed by atoms with van der Waals surface area (Å²) < 4.78 is 4.69. The highest BCUT2D eigenvalue weighted by atomic mass is 16.7. The molecule has 11 heteroatoms. The normalized spacial score (nSPS) is 9.79. The predicted octanol–water partition coefficient (Wildman–Crippen LogP) is 1.14. The molecule has 0 unspecified atom stereocenters. The largest absolute Gasteiger partial charge is 0.496 e. The van der Waals surface area contributed by atoms with Crippen LogP contribution in [0, 0.1) is 30.3 Å². The van der Waals surface area contributed by atoms with Crippen LogP contribution in [0.1, 0.15) is 0 Å². The van der Waals surface area contributed by atoms with Crippen molar-refractivity contribution in [2.75, 3.05) is 19.2 Å². The topological polar surface area (TPSA) is 142 Å². The van der Waals surface area contributed by atoms with Gasteiger partial charge in [0.2, 0.25) is 0 Å². The number of ether oxygens (including phenoxy) is 1. The van der Waals surface area contributed by atoms with E-state index in [0.717, 1.165) is 19.2 Å². The first-order valence-corrected chi connectivity index (χ1v) is 4.68. The Hall–Kier alpha value is -2.98. The lowest BCUT2D eigenvalue weighted by atomic mass is 10.2. The van der Waals surface area contributed by atoms with Gasteiger partial charge in [0.25, 0.3) is 5.69 Å². The van der Waals surface area contributed by atoms with Crippen LogP contribution in [0.2, 0.25) is 0 Å². The first kappa shape index (κ1) is 14.1. The molecule has 0 radical (unpaired) electrons. The van der Waals surface area contributed by atoms with E-state index >= 15 is 0 Å². The number of nitrogens with zero attached hydrogens (tertiary/aromatic N) is 4. The van der Waals surface area contributed by atoms with Gasteiger partial charge in [-0.05, 0) is 0 Å². The lowest BCUT2D eigenvalue weighted by Crippen LogP contribution is -2.26. The average molecular weight is 272 g/mol. The summed E-state index contributed by atoms with van der Waals surface area (Å²) in [6, 6.07) is 1.75. The summed E-state index contributed by atoms with van der Waals surface area (Å²) in [5.41, 5.74) is -2.30. The maximum Gasteiger partial charge on any atom is 0.309 e. The van der Waals surface area contributed by atoms with Gasteiger partial charge in [-0.3, -0.25) is 20.2 Å². The van der Waals surface area contributed by atoms with Gasteiger partial charge >= 0.3 is 11.4 Å². The molecular weight excluding hydrogens is 264 g/mol. The molecule has 0 saturated carbocycles. The van der Waals surface area contributed by atoms with Gasteiger partial charge in [0.15, 0.2) is 5.03 Å². The van der Waals surface area contributed by atoms with E-state index in [9.17, 15) is 30.3 Å². The number of hydrazine groups is 1. The third-order valence-electron chi connectivity index (χ3n) is 2.24. The predicted molar refractivity (Wildman–Crippen MR) is 61.7 cm³/mol. The van der Waals surface area contributed by atoms with Crippen molar-refractivity contribution >= 4 is 17.1 Å². The van der Waals surface area contributed by atoms with Gasteiger partial charge in [0.05, 0.1) is 36.1 Å². The monoisotopic (exact) mass is 272 g/mol. The Bertz CT molecular complexity index is 523. The summed E-state index contributed by atoms with van der Waals surface area (Å²) in [4.78, 5) is 30.5. The van der Waals surface area contributed by atoms with E-state index in [1.165, 1.54) is 7.11 Å². The summed E-state index contributed by atoms with van der Waals surface area (Å²) in [5, 5.41) is 31.6. The molecular formula is C8H8N4O7. The second-order valence-electron chi connectivity index (χ2n) is 3.29. The summed E-state index contributed by atoms with van der Waals surface area (Å²) >= 11 is 0. The Morgan fingerprint density at radius 3 is 1.74 bits per heavy atom. The summed E-state index contributed by atoms with van der Waals surface area (Å²) in [6.45, 7) is 0. The molecule has 0 bridgehead atoms. The fourth-order valence-electron chi connectivity index (χ4n) is 1.39. The summed E-state index contributed by atoms with van der Waals surface area (Å²) in [5.74, 6) is -0.140. The van der Waals surface area contributed by atoms with Crippen molar-refractivity contribution in [3.05, 3.63) is 42.5 Å². The van der Waals surface area contributed by atoms with Gasteiger partial charge in [-0.25, -0.2) is 10.1 Å². The van der Waals surface area contributed by atoms with Crippen molar-refractivity contribution in [2.24, 2.45) is 0 Å². The van der Waals surface area contributed by atoms with Gasteiger partial charge in [-0.15, -0.1) is 0 Å². The van der Waals surface area contributed by atoms with E-state index in [4.69, 9.17) is 4.74 Å². The highest BCUT2D eigenvalue weighted by molar-refractivity contribution is 5.75. The molecule has 1 aromatic carbocycles. The number of methoxy groups -OCH3 is 1. The first-order valence-electron chi connectivity index (χ1n) is 4.68. The quantitative estimate of drug-likeness (QED) is 0.573. The van der Waals surface area contributed by atoms with Crippen LogP contribution < -0.4 is 9.75 Å². The van der Waals surface area contributed by atoms with Gasteiger partial charge in [0.1, 0.15) is 5.75 Å². The standard InChI is InChI=1S/C8H8N4O7/c1-9(12(17)18)8-6(10(13)14)3-5(19-2)4-7(8)11(15)16/h3-4H,1-2H3. The Labute approximate surface area is 105 Å². The molecule has 1 rings (SSSR count). The van der Waals surface area contributed by atoms with Gasteiger partial charge < -0.3 is 4.74 Å². The minimum atomic E-state index is -0.998. The van der Waals surface area contributed by atoms with Crippen LogP contribution in [-0.2, 0) is 0 Å². The molecule has 19 heavy (non-hydrogen) atoms. The summed E-state index contributed by atoms with van der Waals surface area (Å²) in [6.07, 6.45) is 0. The molecule has 0 atom stereocenters. The molecule has 0 spiro atoms. The van der Waals surface area contributed by atoms with E-state index in [2.05, 4.69) is 0 Å². The third-order valence-corrected chi connectivity index (χ3v) is 2.24. The zero-order valence-electron chi connectivity index (χ0n) is 9.80. The van der Waals surface area contributed by atoms with E-state index in [1.807, 2.05) is 0 Å². The molecule has 0 aliphatic carbocycles. The second kappa shape index (κ2) is 5.12. The maximum absolute atomic E-state index is 10.9. The van der Waals surface area contributed by atoms with E-state index in [-0.39, 0.29) is 10.8 Å². The number of rotatable bonds is 5. The highest BCUT2D eigenvalue weighted by Gasteiger charge is 2.35. The smallest absolute Gasteiger partial charge is 0.309 e. The Balaban J connectivity index is 3.68. The Morgan fingerprint density at radius 2 is 1.47 bits per heavy atom. The number of hydrogen-bond donors (Lipinski definition) is 0. The van der Waals surface area contributed by atoms with Crippen molar-refractivity contribution in [3.8, 4) is 5.75 Å². The Kier molecular flexibility index (Phi) is 3.79. The lowest BCUT2D eigenvalue weighted by Gasteiger charge is -2.10. The van der Waals surface area contributed by atoms with Crippen LogP contribution >= 0.6 is 0 Å². The highest BCUT2D eigenvalue weighted by Crippen LogP contribution is 2.40. The van der Waals surface area contributed by atoms with Crippen molar-refractivity contribution < 1.29 is 19.6 Å².